The number of hydrogen-bond acceptors (Lipinski definition) is 6. The number of H-pyrrole nitrogens is 1. The maximum Gasteiger partial charge on any atom is 0.277 e. The summed E-state index contributed by atoms with van der Waals surface area (Å²) in [5.41, 5.74) is 1.36. The molecule has 1 aromatic carbocycles. The van der Waals surface area contributed by atoms with Crippen molar-refractivity contribution >= 4 is 21.3 Å². The van der Waals surface area contributed by atoms with Gasteiger partial charge in [-0.05, 0) is 38.5 Å². The monoisotopic (exact) mass is 409 g/mol. The highest BCUT2D eigenvalue weighted by atomic mass is 32.2. The Labute approximate surface area is 165 Å². The van der Waals surface area contributed by atoms with Crippen molar-refractivity contribution in [3.05, 3.63) is 44.9 Å². The van der Waals surface area contributed by atoms with Gasteiger partial charge in [0.25, 0.3) is 5.56 Å². The van der Waals surface area contributed by atoms with Crippen LogP contribution in [0.25, 0.3) is 0 Å². The average molecular weight is 410 g/mol. The van der Waals surface area contributed by atoms with Crippen molar-refractivity contribution in [3.63, 3.8) is 0 Å². The molecule has 1 aromatic heterocycles. The summed E-state index contributed by atoms with van der Waals surface area (Å²) in [5, 5.41) is 2.81. The molecule has 1 N–H and O–H groups in total. The van der Waals surface area contributed by atoms with Crippen LogP contribution in [0.15, 0.2) is 21.8 Å². The third-order valence-electron chi connectivity index (χ3n) is 4.65. The number of nitrogens with one attached hydrogen (secondary N) is 1. The van der Waals surface area contributed by atoms with Gasteiger partial charge in [0.15, 0.2) is 9.84 Å². The van der Waals surface area contributed by atoms with Gasteiger partial charge < -0.3 is 9.64 Å². The van der Waals surface area contributed by atoms with Gasteiger partial charge in [-0.15, -0.1) is 0 Å². The number of carbonyl (C=O) groups is 1. The van der Waals surface area contributed by atoms with Gasteiger partial charge in [-0.3, -0.25) is 19.4 Å². The number of sulfone groups is 1. The Hall–Kier alpha value is -2.39. The first-order valence-corrected chi connectivity index (χ1v) is 10.8. The number of aromatic nitrogens is 2. The third kappa shape index (κ3) is 4.20. The van der Waals surface area contributed by atoms with Crippen LogP contribution in [0.3, 0.4) is 0 Å². The normalized spacial score (nSPS) is 11.6. The van der Waals surface area contributed by atoms with Crippen LogP contribution in [0.5, 0.6) is 0 Å². The molecule has 0 radical (unpaired) electrons. The van der Waals surface area contributed by atoms with Crippen LogP contribution in [0.2, 0.25) is 0 Å². The second-order valence-corrected chi connectivity index (χ2v) is 8.76. The van der Waals surface area contributed by atoms with Crippen molar-refractivity contribution in [1.29, 1.82) is 0 Å². The summed E-state index contributed by atoms with van der Waals surface area (Å²) in [7, 11) is -0.222. The summed E-state index contributed by atoms with van der Waals surface area (Å²) in [4.78, 5) is 27.3. The number of ether oxygens (including phenoxy) is 1. The van der Waals surface area contributed by atoms with E-state index in [4.69, 9.17) is 4.74 Å². The molecule has 0 aliphatic carbocycles. The number of benzene rings is 1. The third-order valence-corrected chi connectivity index (χ3v) is 5.78. The largest absolute Gasteiger partial charge is 0.380 e. The van der Waals surface area contributed by atoms with E-state index in [-0.39, 0.29) is 10.5 Å². The second-order valence-electron chi connectivity index (χ2n) is 6.78. The van der Waals surface area contributed by atoms with Gasteiger partial charge in [0.2, 0.25) is 5.78 Å². The Morgan fingerprint density at radius 3 is 2.43 bits per heavy atom. The molecule has 0 fully saturated rings. The molecule has 0 unspecified atom stereocenters. The van der Waals surface area contributed by atoms with Crippen molar-refractivity contribution in [1.82, 2.24) is 9.78 Å². The van der Waals surface area contributed by atoms with Crippen molar-refractivity contribution in [3.8, 4) is 0 Å². The highest BCUT2D eigenvalue weighted by Gasteiger charge is 2.26. The number of rotatable bonds is 8. The van der Waals surface area contributed by atoms with Crippen molar-refractivity contribution in [2.45, 2.75) is 25.7 Å². The standard InChI is InChI=1S/C19H27N3O5S/c1-7-27-11-10-21(4)17-12(2)14(8-9-15(17)28(6,25)26)18(23)16-13(3)20-22(5)19(16)24/h8-9,20H,7,10-11H2,1-6H3. The number of aromatic amines is 1. The Morgan fingerprint density at radius 1 is 1.29 bits per heavy atom. The first kappa shape index (κ1) is 21.9. The molecule has 0 aliphatic heterocycles. The number of hydrogen-bond donors (Lipinski definition) is 1. The second kappa shape index (κ2) is 8.32. The van der Waals surface area contributed by atoms with Crippen molar-refractivity contribution in [2.75, 3.05) is 38.0 Å². The van der Waals surface area contributed by atoms with E-state index in [1.54, 1.807) is 32.8 Å². The highest BCUT2D eigenvalue weighted by molar-refractivity contribution is 7.90. The molecule has 8 nitrogen and oxygen atoms in total. The van der Waals surface area contributed by atoms with Gasteiger partial charge in [-0.25, -0.2) is 8.42 Å². The van der Waals surface area contributed by atoms with Gasteiger partial charge in [0.05, 0.1) is 17.2 Å². The van der Waals surface area contributed by atoms with Crippen LogP contribution in [0.1, 0.15) is 34.1 Å². The fourth-order valence-corrected chi connectivity index (χ4v) is 4.22. The molecule has 0 bridgehead atoms. The van der Waals surface area contributed by atoms with E-state index in [0.29, 0.717) is 42.3 Å². The maximum atomic E-state index is 13.1. The van der Waals surface area contributed by atoms with Crippen LogP contribution in [0, 0.1) is 13.8 Å². The minimum atomic E-state index is -3.52. The molecule has 2 aromatic rings. The predicted molar refractivity (Wildman–Crippen MR) is 108 cm³/mol. The van der Waals surface area contributed by atoms with Crippen molar-refractivity contribution in [2.24, 2.45) is 7.05 Å². The molecular formula is C19H27N3O5S. The van der Waals surface area contributed by atoms with Crippen LogP contribution in [-0.2, 0) is 21.6 Å². The molecule has 1 heterocycles. The smallest absolute Gasteiger partial charge is 0.277 e. The SMILES string of the molecule is CCOCCN(C)c1c(S(C)(=O)=O)ccc(C(=O)c2c(C)[nH]n(C)c2=O)c1C. The minimum Gasteiger partial charge on any atom is -0.380 e. The fraction of sp³-hybridized carbons (Fsp3) is 0.474. The molecule has 0 saturated carbocycles. The van der Waals surface area contributed by atoms with Crippen LogP contribution >= 0.6 is 0 Å². The molecule has 28 heavy (non-hydrogen) atoms. The Morgan fingerprint density at radius 2 is 1.93 bits per heavy atom. The van der Waals surface area contributed by atoms with E-state index in [2.05, 4.69) is 5.10 Å². The van der Waals surface area contributed by atoms with E-state index in [1.807, 2.05) is 6.92 Å². The van der Waals surface area contributed by atoms with Gasteiger partial charge in [0.1, 0.15) is 5.56 Å². The van der Waals surface area contributed by atoms with Gasteiger partial charge >= 0.3 is 0 Å². The molecule has 0 spiro atoms. The zero-order valence-electron chi connectivity index (χ0n) is 17.1. The van der Waals surface area contributed by atoms with E-state index >= 15 is 0 Å². The maximum absolute atomic E-state index is 13.1. The highest BCUT2D eigenvalue weighted by Crippen LogP contribution is 2.32. The van der Waals surface area contributed by atoms with Gasteiger partial charge in [-0.1, -0.05) is 0 Å². The number of anilines is 1. The molecule has 154 valence electrons. The number of nitrogens with zero attached hydrogens (tertiary/aromatic N) is 2. The number of carbonyl (C=O) groups excluding carboxylic acids is 1. The summed E-state index contributed by atoms with van der Waals surface area (Å²) < 4.78 is 31.2. The van der Waals surface area contributed by atoms with Crippen molar-refractivity contribution < 1.29 is 17.9 Å². The fourth-order valence-electron chi connectivity index (χ4n) is 3.24. The lowest BCUT2D eigenvalue weighted by molar-refractivity contribution is 0.103. The lowest BCUT2D eigenvalue weighted by Gasteiger charge is -2.25. The molecule has 0 saturated heterocycles. The molecule has 0 aliphatic rings. The van der Waals surface area contributed by atoms with Crippen LogP contribution < -0.4 is 10.5 Å². The zero-order chi connectivity index (χ0) is 21.2. The summed E-state index contributed by atoms with van der Waals surface area (Å²) in [6.45, 7) is 6.67. The minimum absolute atomic E-state index is 0.0561. The predicted octanol–water partition coefficient (Wildman–Crippen LogP) is 1.44. The molecule has 2 rings (SSSR count). The quantitative estimate of drug-likeness (QED) is 0.523. The van der Waals surface area contributed by atoms with E-state index in [0.717, 1.165) is 6.26 Å². The molecule has 0 amide bonds. The summed E-state index contributed by atoms with van der Waals surface area (Å²) in [6, 6.07) is 2.90. The molecule has 0 atom stereocenters. The molecule has 9 heteroatoms. The van der Waals surface area contributed by atoms with E-state index in [9.17, 15) is 18.0 Å². The van der Waals surface area contributed by atoms with Crippen LogP contribution in [0.4, 0.5) is 5.69 Å². The molecular weight excluding hydrogens is 382 g/mol. The van der Waals surface area contributed by atoms with E-state index < -0.39 is 21.2 Å². The first-order chi connectivity index (χ1) is 13.0. The topological polar surface area (TPSA) is 101 Å². The number of ketones is 1. The average Bonchev–Trinajstić information content (AvgIpc) is 2.85. The van der Waals surface area contributed by atoms with Crippen LogP contribution in [-0.4, -0.2) is 57.0 Å². The lowest BCUT2D eigenvalue weighted by Crippen LogP contribution is -2.26. The summed E-state index contributed by atoms with van der Waals surface area (Å²) in [5.74, 6) is -0.434. The Balaban J connectivity index is 2.63. The first-order valence-electron chi connectivity index (χ1n) is 8.93. The van der Waals surface area contributed by atoms with E-state index in [1.165, 1.54) is 16.8 Å². The van der Waals surface area contributed by atoms with Gasteiger partial charge in [-0.2, -0.15) is 0 Å². The number of aryl methyl sites for hydroxylation is 2. The Bertz CT molecular complexity index is 1050. The number of likely N-dealkylation sites (N-methyl/N-ethyl adjacent to an activating group) is 1. The summed E-state index contributed by atoms with van der Waals surface area (Å²) in [6.07, 6.45) is 1.13. The summed E-state index contributed by atoms with van der Waals surface area (Å²) >= 11 is 0. The zero-order valence-corrected chi connectivity index (χ0v) is 17.9. The Kier molecular flexibility index (Phi) is 6.51. The lowest BCUT2D eigenvalue weighted by atomic mass is 9.97. The van der Waals surface area contributed by atoms with Gasteiger partial charge in [0, 0.05) is 44.8 Å².